The van der Waals surface area contributed by atoms with Crippen LogP contribution in [0.25, 0.3) is 0 Å². The van der Waals surface area contributed by atoms with E-state index in [4.69, 9.17) is 0 Å². The van der Waals surface area contributed by atoms with Crippen molar-refractivity contribution in [2.75, 3.05) is 36.4 Å². The summed E-state index contributed by atoms with van der Waals surface area (Å²) in [4.78, 5) is 19.1. The minimum absolute atomic E-state index is 0.452. The Morgan fingerprint density at radius 1 is 1.23 bits per heavy atom. The lowest BCUT2D eigenvalue weighted by Gasteiger charge is -2.33. The summed E-state index contributed by atoms with van der Waals surface area (Å²) < 4.78 is 0.978. The number of hydrogen-bond donors (Lipinski definition) is 1. The van der Waals surface area contributed by atoms with Crippen molar-refractivity contribution >= 4 is 39.8 Å². The van der Waals surface area contributed by atoms with Crippen LogP contribution in [0.15, 0.2) is 34.9 Å². The lowest BCUT2D eigenvalue weighted by Crippen LogP contribution is -2.46. The Bertz CT molecular complexity index is 659. The number of hydrogen-bond acceptors (Lipinski definition) is 6. The van der Waals surface area contributed by atoms with Crippen molar-refractivity contribution in [1.29, 1.82) is 0 Å². The van der Waals surface area contributed by atoms with E-state index < -0.39 is 0 Å². The maximum atomic E-state index is 10.7. The average Bonchev–Trinajstić information content (AvgIpc) is 2.55. The van der Waals surface area contributed by atoms with Gasteiger partial charge in [-0.05, 0) is 18.2 Å². The number of carbonyl (C=O) groups is 1. The zero-order chi connectivity index (χ0) is 15.4. The Balaban J connectivity index is 1.71. The number of anilines is 3. The lowest BCUT2D eigenvalue weighted by atomic mass is 10.3. The molecule has 1 aromatic carbocycles. The largest absolute Gasteiger partial charge is 0.352 e. The first kappa shape index (κ1) is 14.7. The fraction of sp³-hybridized carbons (Fsp3) is 0.286. The third-order valence-electron chi connectivity index (χ3n) is 3.41. The molecule has 22 heavy (non-hydrogen) atoms. The number of aromatic nitrogens is 3. The van der Waals surface area contributed by atoms with Crippen molar-refractivity contribution in [3.8, 4) is 0 Å². The number of halogens is 1. The van der Waals surface area contributed by atoms with Gasteiger partial charge in [-0.3, -0.25) is 4.79 Å². The summed E-state index contributed by atoms with van der Waals surface area (Å²) in [6, 6.07) is 7.76. The number of carbonyl (C=O) groups excluding carboxylic acids is 1. The number of rotatable bonds is 4. The highest BCUT2D eigenvalue weighted by Crippen LogP contribution is 2.19. The molecule has 8 heteroatoms. The van der Waals surface area contributed by atoms with Gasteiger partial charge in [0.2, 0.25) is 12.4 Å². The molecule has 0 radical (unpaired) electrons. The van der Waals surface area contributed by atoms with Crippen LogP contribution < -0.4 is 10.2 Å². The summed E-state index contributed by atoms with van der Waals surface area (Å²) >= 11 is 3.43. The third-order valence-corrected chi connectivity index (χ3v) is 3.91. The van der Waals surface area contributed by atoms with Crippen LogP contribution in [0.2, 0.25) is 0 Å². The predicted molar refractivity (Wildman–Crippen MR) is 87.1 cm³/mol. The zero-order valence-electron chi connectivity index (χ0n) is 11.8. The highest BCUT2D eigenvalue weighted by atomic mass is 79.9. The van der Waals surface area contributed by atoms with Gasteiger partial charge in [-0.1, -0.05) is 22.0 Å². The van der Waals surface area contributed by atoms with E-state index in [2.05, 4.69) is 41.3 Å². The zero-order valence-corrected chi connectivity index (χ0v) is 13.4. The quantitative estimate of drug-likeness (QED) is 0.833. The molecular weight excluding hydrogens is 348 g/mol. The van der Waals surface area contributed by atoms with Crippen molar-refractivity contribution in [3.05, 3.63) is 34.9 Å². The maximum absolute atomic E-state index is 10.7. The molecule has 0 aliphatic carbocycles. The summed E-state index contributed by atoms with van der Waals surface area (Å²) in [6.07, 6.45) is 2.53. The Labute approximate surface area is 136 Å². The number of piperazine rings is 1. The molecule has 3 rings (SSSR count). The van der Waals surface area contributed by atoms with Crippen LogP contribution in [-0.2, 0) is 4.79 Å². The van der Waals surface area contributed by atoms with Gasteiger partial charge in [-0.2, -0.15) is 10.1 Å². The van der Waals surface area contributed by atoms with Gasteiger partial charge in [0.15, 0.2) is 5.82 Å². The average molecular weight is 363 g/mol. The predicted octanol–water partition coefficient (Wildman–Crippen LogP) is 1.66. The summed E-state index contributed by atoms with van der Waals surface area (Å²) in [5.74, 6) is 1.21. The molecule has 1 fully saturated rings. The first-order valence-electron chi connectivity index (χ1n) is 6.91. The Morgan fingerprint density at radius 2 is 2.05 bits per heavy atom. The van der Waals surface area contributed by atoms with Crippen LogP contribution >= 0.6 is 15.9 Å². The van der Waals surface area contributed by atoms with E-state index in [9.17, 15) is 4.79 Å². The normalized spacial score (nSPS) is 14.8. The topological polar surface area (TPSA) is 74.2 Å². The number of nitrogens with zero attached hydrogens (tertiary/aromatic N) is 5. The third kappa shape index (κ3) is 3.51. The molecule has 0 unspecified atom stereocenters. The van der Waals surface area contributed by atoms with E-state index in [1.807, 2.05) is 24.3 Å². The fourth-order valence-corrected chi connectivity index (χ4v) is 2.65. The molecule has 7 nitrogen and oxygen atoms in total. The van der Waals surface area contributed by atoms with Crippen LogP contribution in [0.3, 0.4) is 0 Å². The van der Waals surface area contributed by atoms with E-state index in [1.54, 1.807) is 11.1 Å². The van der Waals surface area contributed by atoms with Gasteiger partial charge in [0.05, 0.1) is 6.20 Å². The van der Waals surface area contributed by atoms with E-state index in [0.717, 1.165) is 35.5 Å². The standard InChI is InChI=1S/C14H15BrN6O/c15-11-2-1-3-12(8-11)17-14-18-13(9-16-19-14)21-6-4-20(10-22)5-7-21/h1-3,8-10H,4-7H2,(H,17,18,19). The second-order valence-corrected chi connectivity index (χ2v) is 5.82. The second kappa shape index (κ2) is 6.69. The van der Waals surface area contributed by atoms with Gasteiger partial charge in [-0.25, -0.2) is 0 Å². The highest BCUT2D eigenvalue weighted by molar-refractivity contribution is 9.10. The molecule has 2 heterocycles. The second-order valence-electron chi connectivity index (χ2n) is 4.90. The van der Waals surface area contributed by atoms with Crippen molar-refractivity contribution < 1.29 is 4.79 Å². The minimum atomic E-state index is 0.452. The SMILES string of the molecule is O=CN1CCN(c2cnnc(Nc3cccc(Br)c3)n2)CC1. The Hall–Kier alpha value is -2.22. The van der Waals surface area contributed by atoms with Gasteiger partial charge in [0, 0.05) is 36.3 Å². The van der Waals surface area contributed by atoms with Crippen LogP contribution in [0.1, 0.15) is 0 Å². The number of nitrogens with one attached hydrogen (secondary N) is 1. The van der Waals surface area contributed by atoms with Gasteiger partial charge >= 0.3 is 0 Å². The molecule has 1 amide bonds. The molecular formula is C14H15BrN6O. The van der Waals surface area contributed by atoms with Crippen molar-refractivity contribution in [2.24, 2.45) is 0 Å². The summed E-state index contributed by atoms with van der Waals surface area (Å²) in [7, 11) is 0. The van der Waals surface area contributed by atoms with Crippen molar-refractivity contribution in [2.45, 2.75) is 0 Å². The molecule has 0 saturated carbocycles. The van der Waals surface area contributed by atoms with Gasteiger partial charge in [0.25, 0.3) is 0 Å². The van der Waals surface area contributed by atoms with Gasteiger partial charge in [-0.15, -0.1) is 5.10 Å². The Kier molecular flexibility index (Phi) is 4.47. The van der Waals surface area contributed by atoms with Crippen LogP contribution in [-0.4, -0.2) is 52.7 Å². The Morgan fingerprint density at radius 3 is 2.77 bits per heavy atom. The van der Waals surface area contributed by atoms with E-state index in [1.165, 1.54) is 0 Å². The molecule has 114 valence electrons. The first-order chi connectivity index (χ1) is 10.7. The highest BCUT2D eigenvalue weighted by Gasteiger charge is 2.17. The molecule has 0 bridgehead atoms. The van der Waals surface area contributed by atoms with Gasteiger partial charge in [0.1, 0.15) is 0 Å². The summed E-state index contributed by atoms with van der Waals surface area (Å²) in [5.41, 5.74) is 0.888. The van der Waals surface area contributed by atoms with Crippen molar-refractivity contribution in [1.82, 2.24) is 20.1 Å². The van der Waals surface area contributed by atoms with E-state index in [-0.39, 0.29) is 0 Å². The molecule has 0 atom stereocenters. The maximum Gasteiger partial charge on any atom is 0.249 e. The van der Waals surface area contributed by atoms with E-state index in [0.29, 0.717) is 19.0 Å². The molecule has 1 aliphatic rings. The van der Waals surface area contributed by atoms with Crippen LogP contribution in [0.4, 0.5) is 17.5 Å². The molecule has 1 aliphatic heterocycles. The molecule has 1 N–H and O–H groups in total. The summed E-state index contributed by atoms with van der Waals surface area (Å²) in [5, 5.41) is 11.2. The smallest absolute Gasteiger partial charge is 0.249 e. The monoisotopic (exact) mass is 362 g/mol. The van der Waals surface area contributed by atoms with Gasteiger partial charge < -0.3 is 15.1 Å². The van der Waals surface area contributed by atoms with E-state index >= 15 is 0 Å². The van der Waals surface area contributed by atoms with Crippen molar-refractivity contribution in [3.63, 3.8) is 0 Å². The van der Waals surface area contributed by atoms with Crippen LogP contribution in [0.5, 0.6) is 0 Å². The van der Waals surface area contributed by atoms with Crippen LogP contribution in [0, 0.1) is 0 Å². The molecule has 2 aromatic rings. The summed E-state index contributed by atoms with van der Waals surface area (Å²) in [6.45, 7) is 2.88. The molecule has 1 aromatic heterocycles. The lowest BCUT2D eigenvalue weighted by molar-refractivity contribution is -0.118. The minimum Gasteiger partial charge on any atom is -0.352 e. The first-order valence-corrected chi connectivity index (χ1v) is 7.70. The number of amides is 1. The molecule has 0 spiro atoms. The number of benzene rings is 1. The fourth-order valence-electron chi connectivity index (χ4n) is 2.25. The molecule has 1 saturated heterocycles.